The summed E-state index contributed by atoms with van der Waals surface area (Å²) in [6.07, 6.45) is 2.63. The lowest BCUT2D eigenvalue weighted by atomic mass is 10.1. The predicted octanol–water partition coefficient (Wildman–Crippen LogP) is 2.23. The van der Waals surface area contributed by atoms with Gasteiger partial charge >= 0.3 is 0 Å². The molecule has 2 saturated heterocycles. The van der Waals surface area contributed by atoms with E-state index >= 15 is 0 Å². The summed E-state index contributed by atoms with van der Waals surface area (Å²) < 4.78 is 5.32. The Labute approximate surface area is 130 Å². The SMILES string of the molecule is COc1ccc2c(C)nc(N3CCN4CCC[C@H]4C3)nc2c1. The van der Waals surface area contributed by atoms with Gasteiger partial charge in [0.05, 0.1) is 18.3 Å². The number of aromatic nitrogens is 2. The van der Waals surface area contributed by atoms with Gasteiger partial charge < -0.3 is 9.64 Å². The third kappa shape index (κ3) is 2.29. The van der Waals surface area contributed by atoms with Crippen LogP contribution in [0.15, 0.2) is 18.2 Å². The van der Waals surface area contributed by atoms with Gasteiger partial charge in [0.2, 0.25) is 5.95 Å². The van der Waals surface area contributed by atoms with Crippen molar-refractivity contribution in [2.24, 2.45) is 0 Å². The maximum absolute atomic E-state index is 5.32. The Kier molecular flexibility index (Phi) is 3.37. The van der Waals surface area contributed by atoms with Crippen LogP contribution >= 0.6 is 0 Å². The average Bonchev–Trinajstić information content (AvgIpc) is 3.01. The minimum Gasteiger partial charge on any atom is -0.497 e. The summed E-state index contributed by atoms with van der Waals surface area (Å²) in [5.41, 5.74) is 2.01. The third-order valence-electron chi connectivity index (χ3n) is 4.95. The highest BCUT2D eigenvalue weighted by Crippen LogP contribution is 2.27. The highest BCUT2D eigenvalue weighted by atomic mass is 16.5. The number of hydrogen-bond acceptors (Lipinski definition) is 5. The number of methoxy groups -OCH3 is 1. The van der Waals surface area contributed by atoms with E-state index in [1.807, 2.05) is 18.2 Å². The Balaban J connectivity index is 1.69. The Hall–Kier alpha value is -1.88. The van der Waals surface area contributed by atoms with E-state index in [-0.39, 0.29) is 0 Å². The van der Waals surface area contributed by atoms with Crippen molar-refractivity contribution in [3.63, 3.8) is 0 Å². The van der Waals surface area contributed by atoms with Crippen molar-refractivity contribution in [2.75, 3.05) is 38.2 Å². The molecule has 22 heavy (non-hydrogen) atoms. The molecule has 2 fully saturated rings. The van der Waals surface area contributed by atoms with Gasteiger partial charge in [-0.1, -0.05) is 0 Å². The highest BCUT2D eigenvalue weighted by Gasteiger charge is 2.31. The molecule has 5 heteroatoms. The molecule has 4 rings (SSSR count). The van der Waals surface area contributed by atoms with Gasteiger partial charge in [-0.05, 0) is 38.4 Å². The van der Waals surface area contributed by atoms with E-state index in [9.17, 15) is 0 Å². The largest absolute Gasteiger partial charge is 0.497 e. The number of anilines is 1. The number of hydrogen-bond donors (Lipinski definition) is 0. The van der Waals surface area contributed by atoms with E-state index in [1.165, 1.54) is 19.4 Å². The summed E-state index contributed by atoms with van der Waals surface area (Å²) in [6, 6.07) is 6.69. The molecule has 5 nitrogen and oxygen atoms in total. The summed E-state index contributed by atoms with van der Waals surface area (Å²) in [5.74, 6) is 1.71. The first-order valence-corrected chi connectivity index (χ1v) is 8.06. The molecule has 0 saturated carbocycles. The molecular formula is C17H22N4O. The van der Waals surface area contributed by atoms with Crippen LogP contribution in [-0.4, -0.2) is 54.2 Å². The second kappa shape index (κ2) is 5.39. The quantitative estimate of drug-likeness (QED) is 0.850. The first-order valence-electron chi connectivity index (χ1n) is 8.06. The molecule has 0 radical (unpaired) electrons. The van der Waals surface area contributed by atoms with Gasteiger partial charge in [-0.15, -0.1) is 0 Å². The number of rotatable bonds is 2. The summed E-state index contributed by atoms with van der Waals surface area (Å²) in [7, 11) is 1.69. The summed E-state index contributed by atoms with van der Waals surface area (Å²) in [5, 5.41) is 1.10. The molecule has 2 aromatic rings. The Bertz CT molecular complexity index is 702. The molecule has 3 heterocycles. The Morgan fingerprint density at radius 3 is 2.95 bits per heavy atom. The van der Waals surface area contributed by atoms with Crippen molar-refractivity contribution >= 4 is 16.9 Å². The number of ether oxygens (including phenoxy) is 1. The van der Waals surface area contributed by atoms with E-state index in [0.717, 1.165) is 47.9 Å². The average molecular weight is 298 g/mol. The molecule has 0 spiro atoms. The van der Waals surface area contributed by atoms with E-state index in [4.69, 9.17) is 14.7 Å². The molecule has 0 unspecified atom stereocenters. The molecule has 1 aromatic heterocycles. The summed E-state index contributed by atoms with van der Waals surface area (Å²) in [6.45, 7) is 6.52. The van der Waals surface area contributed by atoms with Gasteiger partial charge in [0.25, 0.3) is 0 Å². The normalized spacial score (nSPS) is 22.1. The zero-order chi connectivity index (χ0) is 15.1. The van der Waals surface area contributed by atoms with Gasteiger partial charge in [0.1, 0.15) is 5.75 Å². The molecule has 2 aliphatic rings. The van der Waals surface area contributed by atoms with Crippen molar-refractivity contribution in [3.05, 3.63) is 23.9 Å². The van der Waals surface area contributed by atoms with Crippen molar-refractivity contribution in [1.29, 1.82) is 0 Å². The van der Waals surface area contributed by atoms with Crippen LogP contribution in [0, 0.1) is 6.92 Å². The molecule has 2 aliphatic heterocycles. The number of aryl methyl sites for hydroxylation is 1. The lowest BCUT2D eigenvalue weighted by Gasteiger charge is -2.37. The van der Waals surface area contributed by atoms with Gasteiger partial charge in [-0.2, -0.15) is 0 Å². The van der Waals surface area contributed by atoms with Crippen LogP contribution in [0.1, 0.15) is 18.5 Å². The number of nitrogens with zero attached hydrogens (tertiary/aromatic N) is 4. The minimum atomic E-state index is 0.679. The van der Waals surface area contributed by atoms with Crippen LogP contribution in [0.5, 0.6) is 5.75 Å². The Morgan fingerprint density at radius 1 is 1.18 bits per heavy atom. The fourth-order valence-corrected chi connectivity index (χ4v) is 3.69. The fourth-order valence-electron chi connectivity index (χ4n) is 3.69. The number of benzene rings is 1. The first kappa shape index (κ1) is 13.8. The smallest absolute Gasteiger partial charge is 0.226 e. The summed E-state index contributed by atoms with van der Waals surface area (Å²) in [4.78, 5) is 14.5. The zero-order valence-electron chi connectivity index (χ0n) is 13.2. The number of fused-ring (bicyclic) bond motifs is 2. The number of piperazine rings is 1. The molecule has 1 aromatic carbocycles. The predicted molar refractivity (Wildman–Crippen MR) is 87.6 cm³/mol. The van der Waals surface area contributed by atoms with Crippen LogP contribution in [0.3, 0.4) is 0 Å². The van der Waals surface area contributed by atoms with E-state index < -0.39 is 0 Å². The van der Waals surface area contributed by atoms with E-state index in [2.05, 4.69) is 16.7 Å². The van der Waals surface area contributed by atoms with Crippen LogP contribution in [-0.2, 0) is 0 Å². The molecule has 0 bridgehead atoms. The molecule has 116 valence electrons. The van der Waals surface area contributed by atoms with Gasteiger partial charge in [0, 0.05) is 37.1 Å². The van der Waals surface area contributed by atoms with Crippen LogP contribution < -0.4 is 9.64 Å². The monoisotopic (exact) mass is 298 g/mol. The topological polar surface area (TPSA) is 41.5 Å². The van der Waals surface area contributed by atoms with Gasteiger partial charge in [-0.3, -0.25) is 4.90 Å². The molecule has 0 aliphatic carbocycles. The van der Waals surface area contributed by atoms with Crippen LogP contribution in [0.4, 0.5) is 5.95 Å². The lowest BCUT2D eigenvalue weighted by molar-refractivity contribution is 0.229. The highest BCUT2D eigenvalue weighted by molar-refractivity contribution is 5.83. The van der Waals surface area contributed by atoms with E-state index in [1.54, 1.807) is 7.11 Å². The van der Waals surface area contributed by atoms with Crippen LogP contribution in [0.25, 0.3) is 10.9 Å². The first-order chi connectivity index (χ1) is 10.7. The van der Waals surface area contributed by atoms with Gasteiger partial charge in [-0.25, -0.2) is 9.97 Å². The maximum atomic E-state index is 5.32. The van der Waals surface area contributed by atoms with Crippen molar-refractivity contribution < 1.29 is 4.74 Å². The minimum absolute atomic E-state index is 0.679. The lowest BCUT2D eigenvalue weighted by Crippen LogP contribution is -2.50. The van der Waals surface area contributed by atoms with Crippen molar-refractivity contribution in [1.82, 2.24) is 14.9 Å². The molecule has 0 N–H and O–H groups in total. The van der Waals surface area contributed by atoms with Gasteiger partial charge in [0.15, 0.2) is 0 Å². The Morgan fingerprint density at radius 2 is 2.09 bits per heavy atom. The second-order valence-corrected chi connectivity index (χ2v) is 6.27. The summed E-state index contributed by atoms with van der Waals surface area (Å²) >= 11 is 0. The van der Waals surface area contributed by atoms with E-state index in [0.29, 0.717) is 6.04 Å². The second-order valence-electron chi connectivity index (χ2n) is 6.27. The van der Waals surface area contributed by atoms with Crippen molar-refractivity contribution in [2.45, 2.75) is 25.8 Å². The maximum Gasteiger partial charge on any atom is 0.226 e. The fraction of sp³-hybridized carbons (Fsp3) is 0.529. The van der Waals surface area contributed by atoms with Crippen LogP contribution in [0.2, 0.25) is 0 Å². The standard InChI is InChI=1S/C17H22N4O/c1-12-15-6-5-14(22-2)10-16(15)19-17(18-12)21-9-8-20-7-3-4-13(20)11-21/h5-6,10,13H,3-4,7-9,11H2,1-2H3/t13-/m0/s1. The molecular weight excluding hydrogens is 276 g/mol. The third-order valence-corrected chi connectivity index (χ3v) is 4.95. The molecule has 1 atom stereocenters. The molecule has 0 amide bonds. The van der Waals surface area contributed by atoms with Crippen molar-refractivity contribution in [3.8, 4) is 5.75 Å². The zero-order valence-corrected chi connectivity index (χ0v) is 13.2.